The van der Waals surface area contributed by atoms with E-state index in [0.29, 0.717) is 30.7 Å². The van der Waals surface area contributed by atoms with Crippen LogP contribution in [0.1, 0.15) is 18.2 Å². The molecule has 32 heavy (non-hydrogen) atoms. The van der Waals surface area contributed by atoms with Crippen LogP contribution in [0.4, 0.5) is 17.5 Å². The van der Waals surface area contributed by atoms with Crippen molar-refractivity contribution < 1.29 is 4.74 Å². The monoisotopic (exact) mass is 433 g/mol. The standard InChI is InChI=1S/C23H27N7O2/c1-15-14-32-11-10-30(15)23-17-8-9-29(2)13-18(17)25-22(28-23)16-6-7-19(24-12-16)26-20-4-3-5-21(31)27-20/h3-7,12,15H,8-11,13-14H2,1-2H3,(H2,24,26,27,31). The number of nitrogens with one attached hydrogen (secondary N) is 2. The maximum absolute atomic E-state index is 11.5. The molecule has 0 bridgehead atoms. The van der Waals surface area contributed by atoms with Gasteiger partial charge in [-0.2, -0.15) is 0 Å². The van der Waals surface area contributed by atoms with Gasteiger partial charge in [0, 0.05) is 43.0 Å². The number of anilines is 3. The SMILES string of the molecule is CC1COCCN1c1nc(-c2ccc(Nc3cccc(=O)[nH]3)nc2)nc2c1CCN(C)C2. The third-order valence-corrected chi connectivity index (χ3v) is 5.93. The van der Waals surface area contributed by atoms with Gasteiger partial charge < -0.3 is 24.8 Å². The Bertz CT molecular complexity index is 1160. The van der Waals surface area contributed by atoms with Crippen molar-refractivity contribution in [2.24, 2.45) is 0 Å². The van der Waals surface area contributed by atoms with Crippen molar-refractivity contribution in [2.75, 3.05) is 43.6 Å². The van der Waals surface area contributed by atoms with E-state index in [4.69, 9.17) is 14.7 Å². The minimum absolute atomic E-state index is 0.163. The minimum atomic E-state index is -0.163. The number of H-pyrrole nitrogens is 1. The smallest absolute Gasteiger partial charge is 0.249 e. The van der Waals surface area contributed by atoms with Crippen LogP contribution in [0.5, 0.6) is 0 Å². The average Bonchev–Trinajstić information content (AvgIpc) is 2.79. The van der Waals surface area contributed by atoms with Crippen LogP contribution in [-0.2, 0) is 17.7 Å². The van der Waals surface area contributed by atoms with Gasteiger partial charge in [0.15, 0.2) is 5.82 Å². The van der Waals surface area contributed by atoms with Crippen LogP contribution in [0.3, 0.4) is 0 Å². The van der Waals surface area contributed by atoms with E-state index in [-0.39, 0.29) is 11.6 Å². The number of aromatic nitrogens is 4. The molecule has 0 aliphatic carbocycles. The maximum atomic E-state index is 11.5. The van der Waals surface area contributed by atoms with E-state index in [2.05, 4.69) is 39.1 Å². The predicted octanol–water partition coefficient (Wildman–Crippen LogP) is 2.18. The number of pyridine rings is 2. The van der Waals surface area contributed by atoms with E-state index in [1.807, 2.05) is 12.1 Å². The normalized spacial score (nSPS) is 18.9. The lowest BCUT2D eigenvalue weighted by Crippen LogP contribution is -2.45. The van der Waals surface area contributed by atoms with E-state index < -0.39 is 0 Å². The highest BCUT2D eigenvalue weighted by Crippen LogP contribution is 2.31. The van der Waals surface area contributed by atoms with Crippen LogP contribution in [0.15, 0.2) is 41.3 Å². The summed E-state index contributed by atoms with van der Waals surface area (Å²) in [5.41, 5.74) is 3.03. The third kappa shape index (κ3) is 4.21. The Morgan fingerprint density at radius 1 is 1.19 bits per heavy atom. The summed E-state index contributed by atoms with van der Waals surface area (Å²) in [5.74, 6) is 2.93. The molecule has 1 unspecified atom stereocenters. The van der Waals surface area contributed by atoms with Crippen LogP contribution in [-0.4, -0.2) is 64.2 Å². The summed E-state index contributed by atoms with van der Waals surface area (Å²) < 4.78 is 5.65. The van der Waals surface area contributed by atoms with E-state index in [9.17, 15) is 4.79 Å². The topological polar surface area (TPSA) is 99.3 Å². The molecule has 2 aliphatic rings. The van der Waals surface area contributed by atoms with Crippen LogP contribution < -0.4 is 15.8 Å². The number of rotatable bonds is 4. The van der Waals surface area contributed by atoms with Gasteiger partial charge in [-0.3, -0.25) is 4.79 Å². The van der Waals surface area contributed by atoms with E-state index >= 15 is 0 Å². The highest BCUT2D eigenvalue weighted by Gasteiger charge is 2.28. The first-order valence-electron chi connectivity index (χ1n) is 10.9. The maximum Gasteiger partial charge on any atom is 0.249 e. The molecule has 0 amide bonds. The number of ether oxygens (including phenoxy) is 1. The van der Waals surface area contributed by atoms with E-state index in [0.717, 1.165) is 43.1 Å². The van der Waals surface area contributed by atoms with Crippen molar-refractivity contribution >= 4 is 17.5 Å². The summed E-state index contributed by atoms with van der Waals surface area (Å²) in [6.07, 6.45) is 2.71. The van der Waals surface area contributed by atoms with E-state index in [1.54, 1.807) is 18.3 Å². The quantitative estimate of drug-likeness (QED) is 0.646. The van der Waals surface area contributed by atoms with Crippen molar-refractivity contribution in [1.29, 1.82) is 0 Å². The Morgan fingerprint density at radius 3 is 2.88 bits per heavy atom. The fourth-order valence-electron chi connectivity index (χ4n) is 4.21. The van der Waals surface area contributed by atoms with Gasteiger partial charge >= 0.3 is 0 Å². The molecule has 1 fully saturated rings. The molecule has 0 radical (unpaired) electrons. The number of hydrogen-bond acceptors (Lipinski definition) is 8. The molecule has 5 heterocycles. The Balaban J connectivity index is 1.48. The molecule has 2 N–H and O–H groups in total. The lowest BCUT2D eigenvalue weighted by molar-refractivity contribution is 0.0983. The van der Waals surface area contributed by atoms with Gasteiger partial charge in [0.25, 0.3) is 0 Å². The molecular weight excluding hydrogens is 406 g/mol. The minimum Gasteiger partial charge on any atom is -0.377 e. The van der Waals surface area contributed by atoms with E-state index in [1.165, 1.54) is 11.6 Å². The molecule has 0 spiro atoms. The molecule has 9 heteroatoms. The Hall–Kier alpha value is -3.30. The number of fused-ring (bicyclic) bond motifs is 1. The predicted molar refractivity (Wildman–Crippen MR) is 123 cm³/mol. The second-order valence-electron chi connectivity index (χ2n) is 8.39. The number of hydrogen-bond donors (Lipinski definition) is 2. The van der Waals surface area contributed by atoms with Crippen molar-refractivity contribution in [3.8, 4) is 11.4 Å². The van der Waals surface area contributed by atoms with Crippen molar-refractivity contribution in [3.63, 3.8) is 0 Å². The number of likely N-dealkylation sites (N-methyl/N-ethyl adjacent to an activating group) is 1. The van der Waals surface area contributed by atoms with Gasteiger partial charge in [-0.1, -0.05) is 6.07 Å². The first kappa shape index (κ1) is 20.6. The molecule has 0 saturated carbocycles. The summed E-state index contributed by atoms with van der Waals surface area (Å²) >= 11 is 0. The highest BCUT2D eigenvalue weighted by molar-refractivity contribution is 5.63. The van der Waals surface area contributed by atoms with Crippen LogP contribution in [0.2, 0.25) is 0 Å². The second-order valence-corrected chi connectivity index (χ2v) is 8.39. The van der Waals surface area contributed by atoms with Crippen LogP contribution in [0.25, 0.3) is 11.4 Å². The van der Waals surface area contributed by atoms with Crippen LogP contribution >= 0.6 is 0 Å². The molecule has 5 rings (SSSR count). The summed E-state index contributed by atoms with van der Waals surface area (Å²) in [7, 11) is 2.12. The Kier molecular flexibility index (Phi) is 5.59. The zero-order chi connectivity index (χ0) is 22.1. The molecule has 9 nitrogen and oxygen atoms in total. The van der Waals surface area contributed by atoms with Crippen molar-refractivity contribution in [3.05, 3.63) is 58.1 Å². The molecule has 1 saturated heterocycles. The highest BCUT2D eigenvalue weighted by atomic mass is 16.5. The Labute approximate surface area is 186 Å². The lowest BCUT2D eigenvalue weighted by atomic mass is 10.0. The molecule has 1 atom stereocenters. The van der Waals surface area contributed by atoms with Gasteiger partial charge in [-0.05, 0) is 38.6 Å². The molecule has 2 aliphatic heterocycles. The zero-order valence-corrected chi connectivity index (χ0v) is 18.3. The number of nitrogens with zero attached hydrogens (tertiary/aromatic N) is 5. The summed E-state index contributed by atoms with van der Waals surface area (Å²) in [4.78, 5) is 33.3. The van der Waals surface area contributed by atoms with Crippen molar-refractivity contribution in [1.82, 2.24) is 24.8 Å². The summed E-state index contributed by atoms with van der Waals surface area (Å²) in [6, 6.07) is 9.05. The fourth-order valence-corrected chi connectivity index (χ4v) is 4.21. The average molecular weight is 434 g/mol. The second kappa shape index (κ2) is 8.68. The number of aromatic amines is 1. The van der Waals surface area contributed by atoms with Gasteiger partial charge in [-0.15, -0.1) is 0 Å². The van der Waals surface area contributed by atoms with Gasteiger partial charge in [0.2, 0.25) is 5.56 Å². The van der Waals surface area contributed by atoms with Gasteiger partial charge in [0.1, 0.15) is 17.5 Å². The fraction of sp³-hybridized carbons (Fsp3) is 0.391. The van der Waals surface area contributed by atoms with Gasteiger partial charge in [0.05, 0.1) is 24.9 Å². The molecular formula is C23H27N7O2. The summed E-state index contributed by atoms with van der Waals surface area (Å²) in [5, 5.41) is 3.11. The van der Waals surface area contributed by atoms with Crippen molar-refractivity contribution in [2.45, 2.75) is 25.9 Å². The first-order valence-corrected chi connectivity index (χ1v) is 10.9. The van der Waals surface area contributed by atoms with Crippen LogP contribution in [0, 0.1) is 0 Å². The Morgan fingerprint density at radius 2 is 2.09 bits per heavy atom. The third-order valence-electron chi connectivity index (χ3n) is 5.93. The lowest BCUT2D eigenvalue weighted by Gasteiger charge is -2.37. The molecule has 3 aromatic heterocycles. The molecule has 166 valence electrons. The van der Waals surface area contributed by atoms with Gasteiger partial charge in [-0.25, -0.2) is 15.0 Å². The largest absolute Gasteiger partial charge is 0.377 e. The first-order chi connectivity index (χ1) is 15.6. The summed E-state index contributed by atoms with van der Waals surface area (Å²) in [6.45, 7) is 6.24. The number of morpholine rings is 1. The molecule has 0 aromatic carbocycles. The zero-order valence-electron chi connectivity index (χ0n) is 18.3. The molecule has 3 aromatic rings.